The third kappa shape index (κ3) is 3.46. The SMILES string of the molecule is CN(CC(O)C1CC1)C(=O)Nc1ccccc1Br. The van der Waals surface area contributed by atoms with Crippen molar-refractivity contribution in [1.82, 2.24) is 4.90 Å². The zero-order chi connectivity index (χ0) is 13.1. The minimum atomic E-state index is -0.403. The topological polar surface area (TPSA) is 52.6 Å². The van der Waals surface area contributed by atoms with E-state index in [0.29, 0.717) is 12.5 Å². The van der Waals surface area contributed by atoms with Crippen molar-refractivity contribution < 1.29 is 9.90 Å². The average molecular weight is 313 g/mol. The molecule has 0 aliphatic heterocycles. The van der Waals surface area contributed by atoms with Crippen LogP contribution in [0, 0.1) is 5.92 Å². The van der Waals surface area contributed by atoms with Gasteiger partial charge in [0.1, 0.15) is 0 Å². The predicted octanol–water partition coefficient (Wildman–Crippen LogP) is 2.68. The molecular formula is C13H17BrN2O2. The molecule has 1 fully saturated rings. The highest BCUT2D eigenvalue weighted by atomic mass is 79.9. The molecule has 1 aromatic rings. The van der Waals surface area contributed by atoms with E-state index in [4.69, 9.17) is 0 Å². The Balaban J connectivity index is 1.88. The highest BCUT2D eigenvalue weighted by Crippen LogP contribution is 2.32. The number of hydrogen-bond acceptors (Lipinski definition) is 2. The van der Waals surface area contributed by atoms with Crippen LogP contribution in [0.3, 0.4) is 0 Å². The Morgan fingerprint density at radius 2 is 2.22 bits per heavy atom. The first-order chi connectivity index (χ1) is 8.58. The molecule has 0 aromatic heterocycles. The third-order valence-electron chi connectivity index (χ3n) is 3.09. The number of hydrogen-bond donors (Lipinski definition) is 2. The Labute approximate surface area is 115 Å². The number of benzene rings is 1. The molecule has 0 bridgehead atoms. The molecule has 98 valence electrons. The maximum Gasteiger partial charge on any atom is 0.321 e. The summed E-state index contributed by atoms with van der Waals surface area (Å²) in [5.74, 6) is 0.378. The predicted molar refractivity (Wildman–Crippen MR) is 74.5 cm³/mol. The number of likely N-dealkylation sites (N-methyl/N-ethyl adjacent to an activating group) is 1. The summed E-state index contributed by atoms with van der Waals surface area (Å²) in [4.78, 5) is 13.4. The molecule has 0 spiro atoms. The van der Waals surface area contributed by atoms with Crippen molar-refractivity contribution in [3.8, 4) is 0 Å². The van der Waals surface area contributed by atoms with Crippen LogP contribution in [0.15, 0.2) is 28.7 Å². The highest BCUT2D eigenvalue weighted by Gasteiger charge is 2.31. The van der Waals surface area contributed by atoms with Crippen molar-refractivity contribution in [3.63, 3.8) is 0 Å². The molecule has 1 atom stereocenters. The van der Waals surface area contributed by atoms with Crippen LogP contribution in [0.25, 0.3) is 0 Å². The van der Waals surface area contributed by atoms with Crippen LogP contribution in [-0.4, -0.2) is 35.7 Å². The largest absolute Gasteiger partial charge is 0.391 e. The van der Waals surface area contributed by atoms with E-state index in [1.165, 1.54) is 4.90 Å². The fourth-order valence-corrected chi connectivity index (χ4v) is 2.15. The quantitative estimate of drug-likeness (QED) is 0.898. The number of carbonyl (C=O) groups is 1. The van der Waals surface area contributed by atoms with Gasteiger partial charge in [-0.25, -0.2) is 4.79 Å². The lowest BCUT2D eigenvalue weighted by Crippen LogP contribution is -2.38. The standard InChI is InChI=1S/C13H17BrN2O2/c1-16(8-12(17)9-6-7-9)13(18)15-11-5-3-2-4-10(11)14/h2-5,9,12,17H,6-8H2,1H3,(H,15,18). The summed E-state index contributed by atoms with van der Waals surface area (Å²) in [7, 11) is 1.69. The van der Waals surface area contributed by atoms with Gasteiger partial charge >= 0.3 is 6.03 Å². The summed E-state index contributed by atoms with van der Waals surface area (Å²) < 4.78 is 0.842. The van der Waals surface area contributed by atoms with Crippen molar-refractivity contribution in [1.29, 1.82) is 0 Å². The van der Waals surface area contributed by atoms with E-state index in [0.717, 1.165) is 23.0 Å². The van der Waals surface area contributed by atoms with Crippen LogP contribution >= 0.6 is 15.9 Å². The summed E-state index contributed by atoms with van der Waals surface area (Å²) in [5, 5.41) is 12.6. The second-order valence-electron chi connectivity index (χ2n) is 4.70. The van der Waals surface area contributed by atoms with E-state index < -0.39 is 6.10 Å². The van der Waals surface area contributed by atoms with Gasteiger partial charge in [-0.15, -0.1) is 0 Å². The van der Waals surface area contributed by atoms with Gasteiger partial charge in [0.2, 0.25) is 0 Å². The van der Waals surface area contributed by atoms with Gasteiger partial charge in [0.15, 0.2) is 0 Å². The molecule has 0 heterocycles. The van der Waals surface area contributed by atoms with Crippen LogP contribution < -0.4 is 5.32 Å². The summed E-state index contributed by atoms with van der Waals surface area (Å²) in [6.07, 6.45) is 1.74. The van der Waals surface area contributed by atoms with E-state index >= 15 is 0 Å². The number of amides is 2. The van der Waals surface area contributed by atoms with Gasteiger partial charge in [0.25, 0.3) is 0 Å². The van der Waals surface area contributed by atoms with Gasteiger partial charge in [-0.2, -0.15) is 0 Å². The second-order valence-corrected chi connectivity index (χ2v) is 5.55. The Bertz CT molecular complexity index is 435. The number of aliphatic hydroxyl groups is 1. The molecule has 5 heteroatoms. The third-order valence-corrected chi connectivity index (χ3v) is 3.78. The van der Waals surface area contributed by atoms with Gasteiger partial charge < -0.3 is 15.3 Å². The summed E-state index contributed by atoms with van der Waals surface area (Å²) in [5.41, 5.74) is 0.732. The first-order valence-corrected chi connectivity index (χ1v) is 6.82. The molecular weight excluding hydrogens is 296 g/mol. The fraction of sp³-hybridized carbons (Fsp3) is 0.462. The van der Waals surface area contributed by atoms with Crippen LogP contribution in [-0.2, 0) is 0 Å². The van der Waals surface area contributed by atoms with E-state index in [1.807, 2.05) is 24.3 Å². The monoisotopic (exact) mass is 312 g/mol. The van der Waals surface area contributed by atoms with E-state index in [2.05, 4.69) is 21.2 Å². The van der Waals surface area contributed by atoms with Crippen molar-refractivity contribution in [2.45, 2.75) is 18.9 Å². The number of nitrogens with zero attached hydrogens (tertiary/aromatic N) is 1. The van der Waals surface area contributed by atoms with Gasteiger partial charge in [-0.3, -0.25) is 0 Å². The van der Waals surface area contributed by atoms with Crippen LogP contribution in [0.2, 0.25) is 0 Å². The Hall–Kier alpha value is -1.07. The van der Waals surface area contributed by atoms with Crippen molar-refractivity contribution in [3.05, 3.63) is 28.7 Å². The molecule has 1 aliphatic carbocycles. The van der Waals surface area contributed by atoms with Crippen molar-refractivity contribution in [2.75, 3.05) is 18.9 Å². The maximum absolute atomic E-state index is 11.9. The van der Waals surface area contributed by atoms with E-state index in [9.17, 15) is 9.90 Å². The molecule has 2 N–H and O–H groups in total. The molecule has 1 saturated carbocycles. The number of para-hydroxylation sites is 1. The molecule has 18 heavy (non-hydrogen) atoms. The first kappa shape index (κ1) is 13.4. The highest BCUT2D eigenvalue weighted by molar-refractivity contribution is 9.10. The Morgan fingerprint density at radius 1 is 1.56 bits per heavy atom. The number of halogens is 1. The average Bonchev–Trinajstić information content (AvgIpc) is 3.15. The van der Waals surface area contributed by atoms with Crippen molar-refractivity contribution in [2.24, 2.45) is 5.92 Å². The smallest absolute Gasteiger partial charge is 0.321 e. The lowest BCUT2D eigenvalue weighted by Gasteiger charge is -2.21. The fourth-order valence-electron chi connectivity index (χ4n) is 1.77. The zero-order valence-electron chi connectivity index (χ0n) is 10.3. The van der Waals surface area contributed by atoms with E-state index in [-0.39, 0.29) is 6.03 Å². The van der Waals surface area contributed by atoms with Gasteiger partial charge in [0.05, 0.1) is 11.8 Å². The molecule has 1 aromatic carbocycles. The molecule has 1 aliphatic rings. The molecule has 1 unspecified atom stereocenters. The van der Waals surface area contributed by atoms with E-state index in [1.54, 1.807) is 7.05 Å². The maximum atomic E-state index is 11.9. The minimum absolute atomic E-state index is 0.207. The summed E-state index contributed by atoms with van der Waals surface area (Å²) in [6, 6.07) is 7.24. The van der Waals surface area contributed by atoms with Crippen LogP contribution in [0.4, 0.5) is 10.5 Å². The second kappa shape index (κ2) is 5.71. The minimum Gasteiger partial charge on any atom is -0.391 e. The van der Waals surface area contributed by atoms with Gasteiger partial charge in [-0.1, -0.05) is 12.1 Å². The Kier molecular flexibility index (Phi) is 4.24. The number of urea groups is 1. The van der Waals surface area contributed by atoms with Crippen LogP contribution in [0.5, 0.6) is 0 Å². The normalized spacial score (nSPS) is 16.2. The number of carbonyl (C=O) groups excluding carboxylic acids is 1. The van der Waals surface area contributed by atoms with Crippen LogP contribution in [0.1, 0.15) is 12.8 Å². The molecule has 4 nitrogen and oxygen atoms in total. The van der Waals surface area contributed by atoms with Gasteiger partial charge in [-0.05, 0) is 46.8 Å². The molecule has 0 radical (unpaired) electrons. The number of aliphatic hydroxyl groups excluding tert-OH is 1. The lowest BCUT2D eigenvalue weighted by molar-refractivity contribution is 0.117. The molecule has 2 rings (SSSR count). The lowest BCUT2D eigenvalue weighted by atomic mass is 10.2. The van der Waals surface area contributed by atoms with Crippen molar-refractivity contribution >= 4 is 27.6 Å². The number of rotatable bonds is 4. The number of anilines is 1. The number of nitrogens with one attached hydrogen (secondary N) is 1. The van der Waals surface area contributed by atoms with Gasteiger partial charge in [0, 0.05) is 18.1 Å². The first-order valence-electron chi connectivity index (χ1n) is 6.02. The molecule has 2 amide bonds. The summed E-state index contributed by atoms with van der Waals surface area (Å²) >= 11 is 3.38. The summed E-state index contributed by atoms with van der Waals surface area (Å²) in [6.45, 7) is 0.376. The Morgan fingerprint density at radius 3 is 2.83 bits per heavy atom. The zero-order valence-corrected chi connectivity index (χ0v) is 11.9. The molecule has 0 saturated heterocycles.